The molecule has 0 aliphatic rings. The summed E-state index contributed by atoms with van der Waals surface area (Å²) in [5.74, 6) is 0.523. The van der Waals surface area contributed by atoms with Crippen LogP contribution >= 0.6 is 0 Å². The number of hydrogen-bond donors (Lipinski definition) is 2. The maximum atomic E-state index is 9.00. The summed E-state index contributed by atoms with van der Waals surface area (Å²) < 4.78 is 5.50. The van der Waals surface area contributed by atoms with Crippen molar-refractivity contribution < 1.29 is 14.8 Å². The Bertz CT molecular complexity index is 494. The fourth-order valence-electron chi connectivity index (χ4n) is 1.49. The predicted molar refractivity (Wildman–Crippen MR) is 67.5 cm³/mol. The molecule has 0 aliphatic carbocycles. The first kappa shape index (κ1) is 12.5. The van der Waals surface area contributed by atoms with Crippen LogP contribution in [0, 0.1) is 0 Å². The summed E-state index contributed by atoms with van der Waals surface area (Å²) >= 11 is 0. The lowest BCUT2D eigenvalue weighted by molar-refractivity contribution is 0.320. The van der Waals surface area contributed by atoms with Crippen LogP contribution < -0.4 is 10.2 Å². The van der Waals surface area contributed by atoms with E-state index in [1.165, 1.54) is 6.20 Å². The molecular weight excluding hydrogens is 231 g/mol. The lowest BCUT2D eigenvalue weighted by Gasteiger charge is -2.07. The van der Waals surface area contributed by atoms with Gasteiger partial charge in [-0.2, -0.15) is 0 Å². The second-order valence-electron chi connectivity index (χ2n) is 3.78. The van der Waals surface area contributed by atoms with E-state index < -0.39 is 7.12 Å². The van der Waals surface area contributed by atoms with Crippen molar-refractivity contribution in [3.8, 4) is 5.75 Å². The third-order valence-electron chi connectivity index (χ3n) is 2.44. The Labute approximate surface area is 105 Å². The van der Waals surface area contributed by atoms with Crippen LogP contribution in [0.4, 0.5) is 0 Å². The van der Waals surface area contributed by atoms with Crippen LogP contribution in [0.5, 0.6) is 5.75 Å². The summed E-state index contributed by atoms with van der Waals surface area (Å²) in [5, 5.41) is 18.0. The van der Waals surface area contributed by atoms with Crippen LogP contribution in [0.25, 0.3) is 0 Å². The Morgan fingerprint density at radius 1 is 1.11 bits per heavy atom. The predicted octanol–water partition coefficient (Wildman–Crippen LogP) is -0.222. The van der Waals surface area contributed by atoms with Gasteiger partial charge >= 0.3 is 7.12 Å². The van der Waals surface area contributed by atoms with Crippen molar-refractivity contribution in [3.05, 3.63) is 48.5 Å². The molecule has 2 aromatic heterocycles. The van der Waals surface area contributed by atoms with Crippen molar-refractivity contribution in [2.24, 2.45) is 0 Å². The first-order chi connectivity index (χ1) is 8.75. The van der Waals surface area contributed by atoms with E-state index in [-0.39, 0.29) is 0 Å². The van der Waals surface area contributed by atoms with E-state index in [2.05, 4.69) is 9.97 Å². The fraction of sp³-hybridized carbons (Fsp3) is 0.167. The van der Waals surface area contributed by atoms with Crippen LogP contribution in [-0.2, 0) is 6.42 Å². The van der Waals surface area contributed by atoms with E-state index in [1.54, 1.807) is 24.7 Å². The molecule has 0 aromatic carbocycles. The second-order valence-corrected chi connectivity index (χ2v) is 3.78. The monoisotopic (exact) mass is 244 g/mol. The minimum absolute atomic E-state index is 0.316. The van der Waals surface area contributed by atoms with Gasteiger partial charge in [0.1, 0.15) is 5.75 Å². The van der Waals surface area contributed by atoms with E-state index in [0.29, 0.717) is 17.8 Å². The van der Waals surface area contributed by atoms with Crippen molar-refractivity contribution in [1.29, 1.82) is 0 Å². The van der Waals surface area contributed by atoms with Gasteiger partial charge in [-0.1, -0.05) is 0 Å². The van der Waals surface area contributed by atoms with Crippen molar-refractivity contribution in [1.82, 2.24) is 9.97 Å². The summed E-state index contributed by atoms with van der Waals surface area (Å²) in [7, 11) is -1.53. The number of hydrogen-bond acceptors (Lipinski definition) is 5. The molecule has 5 nitrogen and oxygen atoms in total. The molecule has 0 aliphatic heterocycles. The minimum Gasteiger partial charge on any atom is -0.492 e. The summed E-state index contributed by atoms with van der Waals surface area (Å²) in [6, 6.07) is 5.41. The number of rotatable bonds is 5. The first-order valence-corrected chi connectivity index (χ1v) is 5.58. The zero-order valence-electron chi connectivity index (χ0n) is 9.73. The second kappa shape index (κ2) is 6.14. The normalized spacial score (nSPS) is 10.1. The molecule has 18 heavy (non-hydrogen) atoms. The maximum absolute atomic E-state index is 9.00. The highest BCUT2D eigenvalue weighted by Crippen LogP contribution is 2.06. The van der Waals surface area contributed by atoms with Gasteiger partial charge in [0.15, 0.2) is 0 Å². The Morgan fingerprint density at radius 2 is 1.89 bits per heavy atom. The van der Waals surface area contributed by atoms with Crippen LogP contribution in [0.1, 0.15) is 5.56 Å². The topological polar surface area (TPSA) is 75.5 Å². The van der Waals surface area contributed by atoms with Crippen molar-refractivity contribution in [3.63, 3.8) is 0 Å². The average molecular weight is 244 g/mol. The first-order valence-electron chi connectivity index (χ1n) is 5.58. The summed E-state index contributed by atoms with van der Waals surface area (Å²) in [6.07, 6.45) is 7.16. The van der Waals surface area contributed by atoms with Gasteiger partial charge < -0.3 is 14.8 Å². The van der Waals surface area contributed by atoms with Gasteiger partial charge in [0, 0.05) is 30.5 Å². The van der Waals surface area contributed by atoms with Gasteiger partial charge in [-0.05, 0) is 23.8 Å². The highest BCUT2D eigenvalue weighted by molar-refractivity contribution is 6.58. The molecule has 2 N–H and O–H groups in total. The molecule has 2 aromatic rings. The van der Waals surface area contributed by atoms with Crippen molar-refractivity contribution in [2.45, 2.75) is 6.42 Å². The van der Waals surface area contributed by atoms with Gasteiger partial charge in [0.25, 0.3) is 0 Å². The lowest BCUT2D eigenvalue weighted by Crippen LogP contribution is -2.30. The molecule has 2 heterocycles. The van der Waals surface area contributed by atoms with Gasteiger partial charge in [0.05, 0.1) is 12.8 Å². The smallest absolute Gasteiger partial charge is 0.490 e. The molecule has 2 rings (SSSR count). The fourth-order valence-corrected chi connectivity index (χ4v) is 1.49. The molecular formula is C12H13BN2O3. The van der Waals surface area contributed by atoms with Gasteiger partial charge in [0.2, 0.25) is 0 Å². The van der Waals surface area contributed by atoms with Crippen molar-refractivity contribution in [2.75, 3.05) is 6.61 Å². The van der Waals surface area contributed by atoms with Crippen LogP contribution in [-0.4, -0.2) is 33.7 Å². The SMILES string of the molecule is OB(O)c1cncc(OCCc2ccncc2)c1. The Balaban J connectivity index is 1.89. The Hall–Kier alpha value is -1.92. The van der Waals surface area contributed by atoms with Gasteiger partial charge in [-0.25, -0.2) is 0 Å². The summed E-state index contributed by atoms with van der Waals surface area (Å²) in [6.45, 7) is 0.497. The maximum Gasteiger partial charge on any atom is 0.490 e. The summed E-state index contributed by atoms with van der Waals surface area (Å²) in [5.41, 5.74) is 1.45. The number of pyridine rings is 2. The quantitative estimate of drug-likeness (QED) is 0.711. The summed E-state index contributed by atoms with van der Waals surface area (Å²) in [4.78, 5) is 7.81. The van der Waals surface area contributed by atoms with Crippen LogP contribution in [0.3, 0.4) is 0 Å². The number of aromatic nitrogens is 2. The van der Waals surface area contributed by atoms with E-state index in [1.807, 2.05) is 12.1 Å². The molecule has 0 bridgehead atoms. The largest absolute Gasteiger partial charge is 0.492 e. The molecule has 0 radical (unpaired) electrons. The molecule has 0 fully saturated rings. The molecule has 0 spiro atoms. The Kier molecular flexibility index (Phi) is 4.27. The lowest BCUT2D eigenvalue weighted by atomic mass is 9.82. The van der Waals surface area contributed by atoms with Gasteiger partial charge in [-0.3, -0.25) is 9.97 Å². The zero-order chi connectivity index (χ0) is 12.8. The van der Waals surface area contributed by atoms with Crippen LogP contribution in [0.15, 0.2) is 43.0 Å². The molecule has 0 atom stereocenters. The van der Waals surface area contributed by atoms with Crippen LogP contribution in [0.2, 0.25) is 0 Å². The van der Waals surface area contributed by atoms with E-state index in [0.717, 1.165) is 12.0 Å². The zero-order valence-corrected chi connectivity index (χ0v) is 9.73. The average Bonchev–Trinajstić information content (AvgIpc) is 2.40. The minimum atomic E-state index is -1.53. The Morgan fingerprint density at radius 3 is 2.61 bits per heavy atom. The van der Waals surface area contributed by atoms with E-state index >= 15 is 0 Å². The molecule has 0 amide bonds. The third kappa shape index (κ3) is 3.54. The van der Waals surface area contributed by atoms with Crippen molar-refractivity contribution >= 4 is 12.6 Å². The third-order valence-corrected chi connectivity index (χ3v) is 2.44. The molecule has 0 saturated heterocycles. The molecule has 0 saturated carbocycles. The van der Waals surface area contributed by atoms with Gasteiger partial charge in [-0.15, -0.1) is 0 Å². The standard InChI is InChI=1S/C12H13BN2O3/c16-13(17)11-7-12(9-15-8-11)18-6-3-10-1-4-14-5-2-10/h1-2,4-5,7-9,16-17H,3,6H2. The highest BCUT2D eigenvalue weighted by atomic mass is 16.5. The van der Waals surface area contributed by atoms with E-state index in [9.17, 15) is 0 Å². The highest BCUT2D eigenvalue weighted by Gasteiger charge is 2.11. The van der Waals surface area contributed by atoms with E-state index in [4.69, 9.17) is 14.8 Å². The molecule has 92 valence electrons. The number of ether oxygens (including phenoxy) is 1. The molecule has 0 unspecified atom stereocenters. The number of nitrogens with zero attached hydrogens (tertiary/aromatic N) is 2. The molecule has 6 heteroatoms.